The number of piperidine rings is 1. The first-order chi connectivity index (χ1) is 15.2. The van der Waals surface area contributed by atoms with E-state index < -0.39 is 0 Å². The van der Waals surface area contributed by atoms with Crippen LogP contribution in [0.1, 0.15) is 57.7 Å². The van der Waals surface area contributed by atoms with E-state index in [0.717, 1.165) is 77.3 Å². The van der Waals surface area contributed by atoms with Gasteiger partial charge < -0.3 is 18.9 Å². The quantitative estimate of drug-likeness (QED) is 0.393. The Kier molecular flexibility index (Phi) is 9.81. The van der Waals surface area contributed by atoms with Crippen LogP contribution in [0.4, 0.5) is 0 Å². The second kappa shape index (κ2) is 12.8. The summed E-state index contributed by atoms with van der Waals surface area (Å²) >= 11 is 0. The molecule has 174 valence electrons. The fourth-order valence-electron chi connectivity index (χ4n) is 4.41. The Balaban J connectivity index is 1.36. The Morgan fingerprint density at radius 2 is 1.90 bits per heavy atom. The maximum atomic E-state index is 12.7. The van der Waals surface area contributed by atoms with Crippen molar-refractivity contribution < 1.29 is 19.1 Å². The van der Waals surface area contributed by atoms with Crippen LogP contribution in [0.15, 0.2) is 12.4 Å². The molecule has 1 amide bonds. The summed E-state index contributed by atoms with van der Waals surface area (Å²) in [5.41, 5.74) is 0. The highest BCUT2D eigenvalue weighted by atomic mass is 16.5. The van der Waals surface area contributed by atoms with Gasteiger partial charge >= 0.3 is 5.97 Å². The Bertz CT molecular complexity index is 679. The normalized spacial score (nSPS) is 18.3. The molecule has 0 bridgehead atoms. The van der Waals surface area contributed by atoms with Gasteiger partial charge in [-0.3, -0.25) is 14.5 Å². The van der Waals surface area contributed by atoms with Crippen LogP contribution in [-0.2, 0) is 32.0 Å². The molecule has 0 spiro atoms. The fraction of sp³-hybridized carbons (Fsp3) is 0.783. The first kappa shape index (κ1) is 23.7. The molecule has 1 aromatic rings. The van der Waals surface area contributed by atoms with Gasteiger partial charge in [0, 0.05) is 57.5 Å². The number of nitrogens with zero attached hydrogens (tertiary/aromatic N) is 4. The van der Waals surface area contributed by atoms with Crippen LogP contribution < -0.4 is 0 Å². The summed E-state index contributed by atoms with van der Waals surface area (Å²) in [4.78, 5) is 33.6. The van der Waals surface area contributed by atoms with Gasteiger partial charge in [-0.25, -0.2) is 4.98 Å². The highest BCUT2D eigenvalue weighted by Gasteiger charge is 2.27. The van der Waals surface area contributed by atoms with Gasteiger partial charge in [-0.15, -0.1) is 0 Å². The molecule has 2 aliphatic heterocycles. The average molecular weight is 435 g/mol. The van der Waals surface area contributed by atoms with E-state index in [1.54, 1.807) is 17.0 Å². The lowest BCUT2D eigenvalue weighted by Gasteiger charge is -2.40. The molecule has 0 radical (unpaired) electrons. The van der Waals surface area contributed by atoms with Crippen LogP contribution in [0.5, 0.6) is 0 Å². The average Bonchev–Trinajstić information content (AvgIpc) is 3.24. The molecule has 0 N–H and O–H groups in total. The van der Waals surface area contributed by atoms with Gasteiger partial charge in [0.05, 0.1) is 19.8 Å². The minimum Gasteiger partial charge on any atom is -0.464 e. The molecule has 0 atom stereocenters. The standard InChI is InChI=1S/C23H38N4O4/c1-2-3-4-5-16-31-23(29)19-27-13-10-24-21(27)6-7-22(28)26-11-8-20(9-12-26)25-14-17-30-18-15-25/h10,13,20H,2-9,11-12,14-19H2,1H3. The summed E-state index contributed by atoms with van der Waals surface area (Å²) in [6.07, 6.45) is 10.8. The van der Waals surface area contributed by atoms with Gasteiger partial charge in [0.2, 0.25) is 5.91 Å². The zero-order valence-electron chi connectivity index (χ0n) is 19.0. The second-order valence-corrected chi connectivity index (χ2v) is 8.51. The third-order valence-corrected chi connectivity index (χ3v) is 6.30. The van der Waals surface area contributed by atoms with Gasteiger partial charge in [-0.1, -0.05) is 26.2 Å². The summed E-state index contributed by atoms with van der Waals surface area (Å²) in [5.74, 6) is 0.695. The number of aryl methyl sites for hydroxylation is 1. The number of likely N-dealkylation sites (tertiary alicyclic amines) is 1. The van der Waals surface area contributed by atoms with Crippen LogP contribution in [0.3, 0.4) is 0 Å². The predicted molar refractivity (Wildman–Crippen MR) is 118 cm³/mol. The maximum absolute atomic E-state index is 12.7. The van der Waals surface area contributed by atoms with E-state index in [-0.39, 0.29) is 18.4 Å². The van der Waals surface area contributed by atoms with E-state index in [2.05, 4.69) is 16.8 Å². The number of morpholine rings is 1. The molecule has 0 saturated carbocycles. The van der Waals surface area contributed by atoms with Crippen molar-refractivity contribution in [3.05, 3.63) is 18.2 Å². The van der Waals surface area contributed by atoms with Gasteiger partial charge in [0.25, 0.3) is 0 Å². The fourth-order valence-corrected chi connectivity index (χ4v) is 4.41. The topological polar surface area (TPSA) is 76.9 Å². The van der Waals surface area contributed by atoms with E-state index in [0.29, 0.717) is 25.5 Å². The number of carbonyl (C=O) groups excluding carboxylic acids is 2. The number of carbonyl (C=O) groups is 2. The monoisotopic (exact) mass is 434 g/mol. The van der Waals surface area contributed by atoms with Crippen molar-refractivity contribution in [1.29, 1.82) is 0 Å². The molecule has 0 unspecified atom stereocenters. The van der Waals surface area contributed by atoms with E-state index in [9.17, 15) is 9.59 Å². The Hall–Kier alpha value is -1.93. The predicted octanol–water partition coefficient (Wildman–Crippen LogP) is 2.26. The number of hydrogen-bond acceptors (Lipinski definition) is 6. The minimum atomic E-state index is -0.243. The van der Waals surface area contributed by atoms with Gasteiger partial charge in [0.15, 0.2) is 0 Å². The second-order valence-electron chi connectivity index (χ2n) is 8.51. The van der Waals surface area contributed by atoms with Crippen molar-refractivity contribution in [3.8, 4) is 0 Å². The lowest BCUT2D eigenvalue weighted by atomic mass is 10.0. The van der Waals surface area contributed by atoms with Crippen molar-refractivity contribution in [3.63, 3.8) is 0 Å². The third-order valence-electron chi connectivity index (χ3n) is 6.30. The molecule has 1 aromatic heterocycles. The van der Waals surface area contributed by atoms with Crippen LogP contribution in [0.2, 0.25) is 0 Å². The van der Waals surface area contributed by atoms with Crippen LogP contribution in [0, 0.1) is 0 Å². The number of aromatic nitrogens is 2. The van der Waals surface area contributed by atoms with E-state index in [4.69, 9.17) is 9.47 Å². The van der Waals surface area contributed by atoms with Crippen LogP contribution >= 0.6 is 0 Å². The van der Waals surface area contributed by atoms with Crippen molar-refractivity contribution >= 4 is 11.9 Å². The molecule has 3 heterocycles. The minimum absolute atomic E-state index is 0.155. The van der Waals surface area contributed by atoms with E-state index >= 15 is 0 Å². The number of amides is 1. The first-order valence-electron chi connectivity index (χ1n) is 11.9. The molecule has 8 nitrogen and oxygen atoms in total. The Morgan fingerprint density at radius 1 is 1.13 bits per heavy atom. The lowest BCUT2D eigenvalue weighted by molar-refractivity contribution is -0.144. The van der Waals surface area contributed by atoms with Crippen molar-refractivity contribution in [2.45, 2.75) is 70.9 Å². The van der Waals surface area contributed by atoms with Crippen molar-refractivity contribution in [1.82, 2.24) is 19.4 Å². The number of esters is 1. The Morgan fingerprint density at radius 3 is 2.65 bits per heavy atom. The highest BCUT2D eigenvalue weighted by Crippen LogP contribution is 2.18. The van der Waals surface area contributed by atoms with Crippen LogP contribution in [0.25, 0.3) is 0 Å². The smallest absolute Gasteiger partial charge is 0.325 e. The summed E-state index contributed by atoms with van der Waals surface area (Å²) in [7, 11) is 0. The summed E-state index contributed by atoms with van der Waals surface area (Å²) < 4.78 is 12.6. The zero-order chi connectivity index (χ0) is 21.9. The number of unbranched alkanes of at least 4 members (excludes halogenated alkanes) is 3. The molecular weight excluding hydrogens is 396 g/mol. The number of imidazole rings is 1. The number of ether oxygens (including phenoxy) is 2. The SMILES string of the molecule is CCCCCCOC(=O)Cn1ccnc1CCC(=O)N1CCC(N2CCOCC2)CC1. The van der Waals surface area contributed by atoms with Crippen molar-refractivity contribution in [2.75, 3.05) is 46.0 Å². The van der Waals surface area contributed by atoms with Crippen molar-refractivity contribution in [2.24, 2.45) is 0 Å². The highest BCUT2D eigenvalue weighted by molar-refractivity contribution is 5.76. The number of rotatable bonds is 11. The van der Waals surface area contributed by atoms with Crippen LogP contribution in [-0.4, -0.2) is 83.3 Å². The summed E-state index contributed by atoms with van der Waals surface area (Å²) in [5, 5.41) is 0. The molecule has 8 heteroatoms. The van der Waals surface area contributed by atoms with Gasteiger partial charge in [-0.05, 0) is 19.3 Å². The first-order valence-corrected chi connectivity index (χ1v) is 11.9. The molecule has 2 aliphatic rings. The summed E-state index contributed by atoms with van der Waals surface area (Å²) in [6.45, 7) is 8.06. The molecule has 2 saturated heterocycles. The number of hydrogen-bond donors (Lipinski definition) is 0. The zero-order valence-corrected chi connectivity index (χ0v) is 19.0. The molecular formula is C23H38N4O4. The Labute approximate surface area is 185 Å². The third kappa shape index (κ3) is 7.61. The molecule has 3 rings (SSSR count). The van der Waals surface area contributed by atoms with E-state index in [1.807, 2.05) is 4.90 Å². The van der Waals surface area contributed by atoms with Gasteiger partial charge in [0.1, 0.15) is 12.4 Å². The van der Waals surface area contributed by atoms with E-state index in [1.165, 1.54) is 6.42 Å². The lowest BCUT2D eigenvalue weighted by Crippen LogP contribution is -2.50. The molecule has 0 aliphatic carbocycles. The largest absolute Gasteiger partial charge is 0.464 e. The van der Waals surface area contributed by atoms with Gasteiger partial charge in [-0.2, -0.15) is 0 Å². The summed E-state index contributed by atoms with van der Waals surface area (Å²) in [6, 6.07) is 0.569. The molecule has 0 aromatic carbocycles. The maximum Gasteiger partial charge on any atom is 0.325 e. The molecule has 31 heavy (non-hydrogen) atoms. The molecule has 2 fully saturated rings.